The molecule has 2 aromatic heterocycles. The first kappa shape index (κ1) is 12.5. The van der Waals surface area contributed by atoms with E-state index < -0.39 is 0 Å². The number of ether oxygens (including phenoxy) is 1. The van der Waals surface area contributed by atoms with Crippen molar-refractivity contribution in [2.24, 2.45) is 0 Å². The lowest BCUT2D eigenvalue weighted by molar-refractivity contribution is -0.142. The largest absolute Gasteiger partial charge is 0.466 e. The van der Waals surface area contributed by atoms with Crippen molar-refractivity contribution in [3.8, 4) is 0 Å². The van der Waals surface area contributed by atoms with Gasteiger partial charge in [-0.05, 0) is 26.8 Å². The molecule has 18 heavy (non-hydrogen) atoms. The van der Waals surface area contributed by atoms with Crippen LogP contribution in [-0.2, 0) is 16.0 Å². The maximum atomic E-state index is 11.6. The Bertz CT molecular complexity index is 560. The molecule has 5 heteroatoms. The Hall–Kier alpha value is -1.91. The SMILES string of the molecule is CCOC(=O)Cc1nc2cnccc2n1C(C)C. The van der Waals surface area contributed by atoms with Crippen LogP contribution in [0, 0.1) is 0 Å². The number of esters is 1. The maximum Gasteiger partial charge on any atom is 0.313 e. The lowest BCUT2D eigenvalue weighted by Crippen LogP contribution is -2.14. The van der Waals surface area contributed by atoms with Crippen LogP contribution in [0.2, 0.25) is 0 Å². The number of nitrogens with zero attached hydrogens (tertiary/aromatic N) is 3. The number of hydrogen-bond donors (Lipinski definition) is 0. The first-order valence-corrected chi connectivity index (χ1v) is 6.10. The summed E-state index contributed by atoms with van der Waals surface area (Å²) in [7, 11) is 0. The summed E-state index contributed by atoms with van der Waals surface area (Å²) in [5.41, 5.74) is 1.81. The molecule has 0 atom stereocenters. The van der Waals surface area contributed by atoms with E-state index in [1.807, 2.05) is 10.6 Å². The molecule has 5 nitrogen and oxygen atoms in total. The van der Waals surface area contributed by atoms with Gasteiger partial charge in [-0.15, -0.1) is 0 Å². The standard InChI is InChI=1S/C13H17N3O2/c1-4-18-13(17)7-12-15-10-8-14-6-5-11(10)16(12)9(2)3/h5-6,8-9H,4,7H2,1-3H3. The molecule has 0 aromatic carbocycles. The summed E-state index contributed by atoms with van der Waals surface area (Å²) in [5.74, 6) is 0.481. The Morgan fingerprint density at radius 2 is 2.28 bits per heavy atom. The van der Waals surface area contributed by atoms with Crippen LogP contribution in [0.15, 0.2) is 18.5 Å². The van der Waals surface area contributed by atoms with Gasteiger partial charge in [-0.25, -0.2) is 4.98 Å². The smallest absolute Gasteiger partial charge is 0.313 e. The molecule has 0 saturated carbocycles. The van der Waals surface area contributed by atoms with Gasteiger partial charge in [0.15, 0.2) is 0 Å². The molecule has 0 radical (unpaired) electrons. The third-order valence-electron chi connectivity index (χ3n) is 2.69. The van der Waals surface area contributed by atoms with E-state index in [0.29, 0.717) is 6.61 Å². The minimum absolute atomic E-state index is 0.195. The summed E-state index contributed by atoms with van der Waals surface area (Å²) in [6.07, 6.45) is 3.64. The number of fused-ring (bicyclic) bond motifs is 1. The summed E-state index contributed by atoms with van der Waals surface area (Å²) < 4.78 is 7.02. The summed E-state index contributed by atoms with van der Waals surface area (Å²) in [6.45, 7) is 6.32. The predicted molar refractivity (Wildman–Crippen MR) is 68.3 cm³/mol. The van der Waals surface area contributed by atoms with E-state index in [-0.39, 0.29) is 18.4 Å². The normalized spacial score (nSPS) is 11.1. The molecule has 0 saturated heterocycles. The highest BCUT2D eigenvalue weighted by atomic mass is 16.5. The van der Waals surface area contributed by atoms with Crippen LogP contribution < -0.4 is 0 Å². The third kappa shape index (κ3) is 2.34. The van der Waals surface area contributed by atoms with Gasteiger partial charge in [-0.3, -0.25) is 9.78 Å². The van der Waals surface area contributed by atoms with Crippen molar-refractivity contribution < 1.29 is 9.53 Å². The molecular formula is C13H17N3O2. The maximum absolute atomic E-state index is 11.6. The van der Waals surface area contributed by atoms with E-state index in [4.69, 9.17) is 4.74 Å². The van der Waals surface area contributed by atoms with E-state index in [1.165, 1.54) is 0 Å². The summed E-state index contributed by atoms with van der Waals surface area (Å²) >= 11 is 0. The molecule has 0 bridgehead atoms. The van der Waals surface area contributed by atoms with Crippen molar-refractivity contribution >= 4 is 17.0 Å². The first-order valence-electron chi connectivity index (χ1n) is 6.10. The quantitative estimate of drug-likeness (QED) is 0.776. The van der Waals surface area contributed by atoms with Gasteiger partial charge in [0.2, 0.25) is 0 Å². The van der Waals surface area contributed by atoms with Crippen LogP contribution in [0.4, 0.5) is 0 Å². The molecule has 2 heterocycles. The molecule has 0 unspecified atom stereocenters. The fraction of sp³-hybridized carbons (Fsp3) is 0.462. The van der Waals surface area contributed by atoms with Gasteiger partial charge in [0.1, 0.15) is 17.8 Å². The molecular weight excluding hydrogens is 230 g/mol. The van der Waals surface area contributed by atoms with Gasteiger partial charge in [0.05, 0.1) is 18.3 Å². The van der Waals surface area contributed by atoms with Gasteiger partial charge in [-0.2, -0.15) is 0 Å². The van der Waals surface area contributed by atoms with Crippen LogP contribution >= 0.6 is 0 Å². The molecule has 0 aliphatic heterocycles. The van der Waals surface area contributed by atoms with E-state index in [1.54, 1.807) is 19.3 Å². The zero-order chi connectivity index (χ0) is 13.1. The third-order valence-corrected chi connectivity index (χ3v) is 2.69. The molecule has 2 aromatic rings. The number of carbonyl (C=O) groups excluding carboxylic acids is 1. The van der Waals surface area contributed by atoms with E-state index >= 15 is 0 Å². The van der Waals surface area contributed by atoms with Gasteiger partial charge >= 0.3 is 5.97 Å². The van der Waals surface area contributed by atoms with Crippen LogP contribution in [0.1, 0.15) is 32.6 Å². The highest BCUT2D eigenvalue weighted by molar-refractivity contribution is 5.78. The molecule has 0 aliphatic rings. The van der Waals surface area contributed by atoms with Crippen molar-refractivity contribution in [2.45, 2.75) is 33.2 Å². The fourth-order valence-corrected chi connectivity index (χ4v) is 2.04. The van der Waals surface area contributed by atoms with Crippen LogP contribution in [0.3, 0.4) is 0 Å². The van der Waals surface area contributed by atoms with E-state index in [9.17, 15) is 4.79 Å². The molecule has 96 valence electrons. The zero-order valence-corrected chi connectivity index (χ0v) is 10.9. The van der Waals surface area contributed by atoms with Gasteiger partial charge in [0.25, 0.3) is 0 Å². The predicted octanol–water partition coefficient (Wildman–Crippen LogP) is 2.12. The van der Waals surface area contributed by atoms with E-state index in [2.05, 4.69) is 23.8 Å². The molecule has 0 spiro atoms. The highest BCUT2D eigenvalue weighted by Gasteiger charge is 2.16. The summed E-state index contributed by atoms with van der Waals surface area (Å²) in [4.78, 5) is 20.1. The summed E-state index contributed by atoms with van der Waals surface area (Å²) in [6, 6.07) is 2.15. The Morgan fingerprint density at radius 1 is 1.50 bits per heavy atom. The number of aromatic nitrogens is 3. The average molecular weight is 247 g/mol. The fourth-order valence-electron chi connectivity index (χ4n) is 2.04. The highest BCUT2D eigenvalue weighted by Crippen LogP contribution is 2.20. The number of rotatable bonds is 4. The molecule has 0 amide bonds. The van der Waals surface area contributed by atoms with Gasteiger partial charge < -0.3 is 9.30 Å². The van der Waals surface area contributed by atoms with Crippen molar-refractivity contribution in [1.29, 1.82) is 0 Å². The van der Waals surface area contributed by atoms with Crippen molar-refractivity contribution in [2.75, 3.05) is 6.61 Å². The minimum Gasteiger partial charge on any atom is -0.466 e. The second-order valence-corrected chi connectivity index (χ2v) is 4.34. The molecule has 0 N–H and O–H groups in total. The van der Waals surface area contributed by atoms with Crippen molar-refractivity contribution in [3.05, 3.63) is 24.3 Å². The molecule has 0 aliphatic carbocycles. The topological polar surface area (TPSA) is 57.0 Å². The Kier molecular flexibility index (Phi) is 3.60. The lowest BCUT2D eigenvalue weighted by atomic mass is 10.3. The average Bonchev–Trinajstić information content (AvgIpc) is 2.66. The zero-order valence-electron chi connectivity index (χ0n) is 10.9. The Morgan fingerprint density at radius 3 is 2.94 bits per heavy atom. The molecule has 2 rings (SSSR count). The molecule has 0 fully saturated rings. The van der Waals surface area contributed by atoms with E-state index in [0.717, 1.165) is 16.9 Å². The van der Waals surface area contributed by atoms with Crippen LogP contribution in [0.25, 0.3) is 11.0 Å². The van der Waals surface area contributed by atoms with Crippen LogP contribution in [0.5, 0.6) is 0 Å². The lowest BCUT2D eigenvalue weighted by Gasteiger charge is -2.12. The number of carbonyl (C=O) groups is 1. The monoisotopic (exact) mass is 247 g/mol. The second kappa shape index (κ2) is 5.16. The van der Waals surface area contributed by atoms with Gasteiger partial charge in [0, 0.05) is 12.2 Å². The minimum atomic E-state index is -0.248. The van der Waals surface area contributed by atoms with Gasteiger partial charge in [-0.1, -0.05) is 0 Å². The first-order chi connectivity index (χ1) is 8.63. The van der Waals surface area contributed by atoms with Crippen LogP contribution in [-0.4, -0.2) is 27.1 Å². The summed E-state index contributed by atoms with van der Waals surface area (Å²) in [5, 5.41) is 0. The Balaban J connectivity index is 2.43. The number of pyridine rings is 1. The number of hydrogen-bond acceptors (Lipinski definition) is 4. The van der Waals surface area contributed by atoms with Crippen molar-refractivity contribution in [1.82, 2.24) is 14.5 Å². The number of imidazole rings is 1. The Labute approximate surface area is 106 Å². The van der Waals surface area contributed by atoms with Crippen molar-refractivity contribution in [3.63, 3.8) is 0 Å². The second-order valence-electron chi connectivity index (χ2n) is 4.34.